The van der Waals surface area contributed by atoms with Crippen LogP contribution in [0.4, 0.5) is 5.69 Å². The van der Waals surface area contributed by atoms with Crippen molar-refractivity contribution >= 4 is 15.5 Å². The molecule has 6 heteroatoms. The van der Waals surface area contributed by atoms with E-state index in [2.05, 4.69) is 5.11 Å². The first-order valence-electron chi connectivity index (χ1n) is 3.58. The Balaban J connectivity index is 3.45. The number of hydrogen-bond donors (Lipinski definition) is 0. The van der Waals surface area contributed by atoms with Gasteiger partial charge in [-0.2, -0.15) is 5.26 Å². The summed E-state index contributed by atoms with van der Waals surface area (Å²) in [6.07, 6.45) is 1.04. The Labute approximate surface area is 81.4 Å². The van der Waals surface area contributed by atoms with Crippen LogP contribution >= 0.6 is 0 Å². The molecule has 71 valence electrons. The average Bonchev–Trinajstić information content (AvgIpc) is 2.15. The Morgan fingerprint density at radius 3 is 2.50 bits per heavy atom. The highest BCUT2D eigenvalue weighted by Gasteiger charge is 2.10. The Bertz CT molecular complexity index is 514. The Kier molecular flexibility index (Phi) is 2.63. The summed E-state index contributed by atoms with van der Waals surface area (Å²) in [6, 6.07) is 5.47. The first kappa shape index (κ1) is 10.3. The molecule has 0 saturated heterocycles. The fourth-order valence-corrected chi connectivity index (χ4v) is 1.57. The number of hydrogen-bond acceptors (Lipinski definition) is 4. The zero-order chi connectivity index (χ0) is 10.8. The molecule has 1 rings (SSSR count). The maximum atomic E-state index is 11.1. The minimum atomic E-state index is -3.33. The second-order valence-corrected chi connectivity index (χ2v) is 4.68. The van der Waals surface area contributed by atoms with Crippen LogP contribution in [0.1, 0.15) is 5.56 Å². The van der Waals surface area contributed by atoms with E-state index in [0.717, 1.165) is 6.26 Å². The third kappa shape index (κ3) is 1.95. The maximum absolute atomic E-state index is 11.1. The van der Waals surface area contributed by atoms with Crippen LogP contribution in [0.2, 0.25) is 0 Å². The number of rotatable bonds is 2. The van der Waals surface area contributed by atoms with Crippen LogP contribution in [0, 0.1) is 11.3 Å². The smallest absolute Gasteiger partial charge is 0.175 e. The second kappa shape index (κ2) is 3.55. The van der Waals surface area contributed by atoms with E-state index in [9.17, 15) is 8.42 Å². The molecule has 0 atom stereocenters. The predicted octanol–water partition coefficient (Wildman–Crippen LogP) is 0.846. The monoisotopic (exact) mass is 208 g/mol. The standard InChI is InChI=1S/C8H6N3O2S/c1-14(12,13)7-2-3-8(11-10)6(4-7)5-9/h2-4H,1H3. The molecule has 5 nitrogen and oxygen atoms in total. The van der Waals surface area contributed by atoms with Gasteiger partial charge in [0.25, 0.3) is 0 Å². The molecule has 1 radical (unpaired) electrons. The highest BCUT2D eigenvalue weighted by Crippen LogP contribution is 2.21. The lowest BCUT2D eigenvalue weighted by atomic mass is 10.2. The molecule has 0 aliphatic heterocycles. The first-order valence-corrected chi connectivity index (χ1v) is 5.47. The lowest BCUT2D eigenvalue weighted by Gasteiger charge is -1.99. The van der Waals surface area contributed by atoms with Gasteiger partial charge in [-0.3, -0.25) is 0 Å². The molecule has 0 aliphatic carbocycles. The average molecular weight is 208 g/mol. The van der Waals surface area contributed by atoms with Gasteiger partial charge < -0.3 is 0 Å². The molecular weight excluding hydrogens is 202 g/mol. The Morgan fingerprint density at radius 1 is 1.43 bits per heavy atom. The molecule has 0 N–H and O–H groups in total. The molecule has 0 aliphatic rings. The van der Waals surface area contributed by atoms with E-state index in [4.69, 9.17) is 10.8 Å². The van der Waals surface area contributed by atoms with Gasteiger partial charge in [-0.25, -0.2) is 8.42 Å². The van der Waals surface area contributed by atoms with Crippen LogP contribution in [0.5, 0.6) is 0 Å². The van der Waals surface area contributed by atoms with E-state index in [1.165, 1.54) is 18.2 Å². The SMILES string of the molecule is CS(=O)(=O)c1ccc(N=[N])c(C#N)c1. The highest BCUT2D eigenvalue weighted by molar-refractivity contribution is 7.90. The molecular formula is C8H6N3O2S. The minimum absolute atomic E-state index is 0.0235. The summed E-state index contributed by atoms with van der Waals surface area (Å²) < 4.78 is 22.2. The molecule has 0 aromatic heterocycles. The number of benzene rings is 1. The van der Waals surface area contributed by atoms with Crippen molar-refractivity contribution in [3.05, 3.63) is 23.8 Å². The molecule has 1 aromatic carbocycles. The van der Waals surface area contributed by atoms with Crippen molar-refractivity contribution in [1.82, 2.24) is 5.53 Å². The van der Waals surface area contributed by atoms with Crippen LogP contribution in [-0.2, 0) is 9.84 Å². The van der Waals surface area contributed by atoms with Crippen LogP contribution in [-0.4, -0.2) is 14.7 Å². The van der Waals surface area contributed by atoms with E-state index < -0.39 is 9.84 Å². The minimum Gasteiger partial charge on any atom is -0.224 e. The largest absolute Gasteiger partial charge is 0.224 e. The zero-order valence-corrected chi connectivity index (χ0v) is 8.11. The molecule has 0 heterocycles. The van der Waals surface area contributed by atoms with Gasteiger partial charge >= 0.3 is 0 Å². The van der Waals surface area contributed by atoms with Crippen molar-refractivity contribution in [3.8, 4) is 6.07 Å². The molecule has 0 unspecified atom stereocenters. The number of sulfone groups is 1. The first-order chi connectivity index (χ1) is 6.49. The normalized spacial score (nSPS) is 10.6. The van der Waals surface area contributed by atoms with Gasteiger partial charge in [0, 0.05) is 6.26 Å². The van der Waals surface area contributed by atoms with E-state index in [1.807, 2.05) is 0 Å². The summed E-state index contributed by atoms with van der Waals surface area (Å²) >= 11 is 0. The summed E-state index contributed by atoms with van der Waals surface area (Å²) in [5.74, 6) is 0. The number of nitriles is 1. The van der Waals surface area contributed by atoms with Gasteiger partial charge in [-0.15, -0.1) is 5.11 Å². The van der Waals surface area contributed by atoms with E-state index in [0.29, 0.717) is 0 Å². The molecule has 0 amide bonds. The van der Waals surface area contributed by atoms with Crippen LogP contribution in [0.3, 0.4) is 0 Å². The van der Waals surface area contributed by atoms with Gasteiger partial charge in [0.05, 0.1) is 10.5 Å². The molecule has 0 fully saturated rings. The van der Waals surface area contributed by atoms with Crippen molar-refractivity contribution in [2.24, 2.45) is 5.11 Å². The molecule has 0 bridgehead atoms. The van der Waals surface area contributed by atoms with Gasteiger partial charge in [-0.1, -0.05) is 0 Å². The van der Waals surface area contributed by atoms with Gasteiger partial charge in [0.15, 0.2) is 9.84 Å². The van der Waals surface area contributed by atoms with Gasteiger partial charge in [0.1, 0.15) is 11.8 Å². The summed E-state index contributed by atoms with van der Waals surface area (Å²) in [4.78, 5) is 0.0291. The zero-order valence-electron chi connectivity index (χ0n) is 7.30. The summed E-state index contributed by atoms with van der Waals surface area (Å²) in [6.45, 7) is 0. The molecule has 1 aromatic rings. The quantitative estimate of drug-likeness (QED) is 0.674. The molecule has 14 heavy (non-hydrogen) atoms. The molecule has 0 spiro atoms. The van der Waals surface area contributed by atoms with Crippen molar-refractivity contribution in [2.45, 2.75) is 4.90 Å². The highest BCUT2D eigenvalue weighted by atomic mass is 32.2. The Morgan fingerprint density at radius 2 is 2.07 bits per heavy atom. The predicted molar refractivity (Wildman–Crippen MR) is 48.5 cm³/mol. The van der Waals surface area contributed by atoms with Crippen LogP contribution in [0.15, 0.2) is 28.2 Å². The summed E-state index contributed by atoms with van der Waals surface area (Å²) in [7, 11) is -3.33. The Hall–Kier alpha value is -1.74. The van der Waals surface area contributed by atoms with Crippen molar-refractivity contribution < 1.29 is 8.42 Å². The van der Waals surface area contributed by atoms with Gasteiger partial charge in [0.2, 0.25) is 0 Å². The fraction of sp³-hybridized carbons (Fsp3) is 0.125. The van der Waals surface area contributed by atoms with Crippen LogP contribution in [0.25, 0.3) is 0 Å². The molecule has 0 saturated carbocycles. The maximum Gasteiger partial charge on any atom is 0.175 e. The summed E-state index contributed by atoms with van der Waals surface area (Å²) in [5.41, 5.74) is 8.55. The van der Waals surface area contributed by atoms with Crippen LogP contribution < -0.4 is 5.53 Å². The van der Waals surface area contributed by atoms with Crippen molar-refractivity contribution in [1.29, 1.82) is 5.26 Å². The van der Waals surface area contributed by atoms with Crippen molar-refractivity contribution in [2.75, 3.05) is 6.26 Å². The lowest BCUT2D eigenvalue weighted by molar-refractivity contribution is 0.602. The van der Waals surface area contributed by atoms with Crippen molar-refractivity contribution in [3.63, 3.8) is 0 Å². The second-order valence-electron chi connectivity index (χ2n) is 2.66. The topological polar surface area (TPSA) is 92.6 Å². The lowest BCUT2D eigenvalue weighted by Crippen LogP contribution is -1.97. The third-order valence-corrected chi connectivity index (χ3v) is 2.73. The van der Waals surface area contributed by atoms with Gasteiger partial charge in [-0.05, 0) is 23.7 Å². The third-order valence-electron chi connectivity index (χ3n) is 1.62. The fourth-order valence-electron chi connectivity index (χ4n) is 0.923. The van der Waals surface area contributed by atoms with E-state index >= 15 is 0 Å². The van der Waals surface area contributed by atoms with E-state index in [-0.39, 0.29) is 16.1 Å². The summed E-state index contributed by atoms with van der Waals surface area (Å²) in [5, 5.41) is 11.5. The number of nitrogens with zero attached hydrogens (tertiary/aromatic N) is 3. The van der Waals surface area contributed by atoms with E-state index in [1.54, 1.807) is 6.07 Å².